The minimum Gasteiger partial charge on any atom is -0.496 e. The number of hydrogen-bond acceptors (Lipinski definition) is 4. The van der Waals surface area contributed by atoms with Crippen LogP contribution in [0.15, 0.2) is 24.3 Å². The van der Waals surface area contributed by atoms with Crippen LogP contribution in [0.4, 0.5) is 4.79 Å². The van der Waals surface area contributed by atoms with Crippen LogP contribution in [0.1, 0.15) is 23.2 Å². The maximum absolute atomic E-state index is 12.3. The van der Waals surface area contributed by atoms with Crippen molar-refractivity contribution in [3.63, 3.8) is 0 Å². The summed E-state index contributed by atoms with van der Waals surface area (Å²) in [6.07, 6.45) is 1.12. The lowest BCUT2D eigenvalue weighted by atomic mass is 10.0. The Hall–Kier alpha value is -2.24. The van der Waals surface area contributed by atoms with Crippen molar-refractivity contribution in [1.29, 1.82) is 0 Å². The maximum Gasteiger partial charge on any atom is 0.409 e. The summed E-state index contributed by atoms with van der Waals surface area (Å²) in [6, 6.07) is 7.18. The van der Waals surface area contributed by atoms with E-state index >= 15 is 0 Å². The summed E-state index contributed by atoms with van der Waals surface area (Å²) in [5.41, 5.74) is 0.524. The second-order valence-electron chi connectivity index (χ2n) is 4.91. The molecule has 0 aromatic heterocycles. The minimum atomic E-state index is -0.315. The Morgan fingerprint density at radius 1 is 1.19 bits per heavy atom. The Morgan fingerprint density at radius 2 is 1.86 bits per heavy atom. The first-order valence-corrected chi connectivity index (χ1v) is 6.92. The van der Waals surface area contributed by atoms with Crippen LogP contribution in [-0.4, -0.2) is 50.3 Å². The number of amides is 2. The molecule has 114 valence electrons. The third-order valence-corrected chi connectivity index (χ3v) is 3.61. The Labute approximate surface area is 124 Å². The lowest BCUT2D eigenvalue weighted by Gasteiger charge is -2.31. The number of piperidine rings is 1. The van der Waals surface area contributed by atoms with Crippen molar-refractivity contribution in [2.75, 3.05) is 27.3 Å². The summed E-state index contributed by atoms with van der Waals surface area (Å²) in [7, 11) is 2.92. The lowest BCUT2D eigenvalue weighted by molar-refractivity contribution is 0.0889. The highest BCUT2D eigenvalue weighted by Gasteiger charge is 2.25. The molecule has 2 amide bonds. The largest absolute Gasteiger partial charge is 0.496 e. The number of nitrogens with one attached hydrogen (secondary N) is 1. The molecule has 1 saturated heterocycles. The Bertz CT molecular complexity index is 510. The molecule has 2 rings (SSSR count). The number of nitrogens with zero attached hydrogens (tertiary/aromatic N) is 1. The average Bonchev–Trinajstić information content (AvgIpc) is 2.54. The van der Waals surface area contributed by atoms with E-state index in [4.69, 9.17) is 4.74 Å². The zero-order valence-electron chi connectivity index (χ0n) is 12.3. The highest BCUT2D eigenvalue weighted by molar-refractivity contribution is 5.97. The zero-order valence-corrected chi connectivity index (χ0v) is 12.3. The van der Waals surface area contributed by atoms with Crippen molar-refractivity contribution in [1.82, 2.24) is 10.2 Å². The molecule has 6 heteroatoms. The van der Waals surface area contributed by atoms with E-state index in [1.807, 2.05) is 6.07 Å². The summed E-state index contributed by atoms with van der Waals surface area (Å²) in [4.78, 5) is 25.3. The van der Waals surface area contributed by atoms with Crippen LogP contribution < -0.4 is 10.1 Å². The van der Waals surface area contributed by atoms with Crippen LogP contribution in [-0.2, 0) is 4.74 Å². The minimum absolute atomic E-state index is 0.0586. The van der Waals surface area contributed by atoms with Gasteiger partial charge in [0.25, 0.3) is 5.91 Å². The molecule has 0 aliphatic carbocycles. The normalized spacial score (nSPS) is 15.4. The van der Waals surface area contributed by atoms with Gasteiger partial charge in [0.2, 0.25) is 0 Å². The van der Waals surface area contributed by atoms with E-state index in [-0.39, 0.29) is 18.0 Å². The van der Waals surface area contributed by atoms with E-state index in [2.05, 4.69) is 10.1 Å². The molecule has 1 aliphatic rings. The molecule has 0 radical (unpaired) electrons. The van der Waals surface area contributed by atoms with Gasteiger partial charge in [-0.1, -0.05) is 12.1 Å². The van der Waals surface area contributed by atoms with Crippen LogP contribution in [0.2, 0.25) is 0 Å². The number of carbonyl (C=O) groups is 2. The predicted octanol–water partition coefficient (Wildman–Crippen LogP) is 1.66. The fraction of sp³-hybridized carbons (Fsp3) is 0.467. The van der Waals surface area contributed by atoms with E-state index in [0.717, 1.165) is 12.8 Å². The number of carbonyl (C=O) groups excluding carboxylic acids is 2. The molecule has 1 aromatic rings. The molecular weight excluding hydrogens is 272 g/mol. The number of ether oxygens (including phenoxy) is 2. The first-order chi connectivity index (χ1) is 10.2. The van der Waals surface area contributed by atoms with Gasteiger partial charge in [-0.25, -0.2) is 4.79 Å². The van der Waals surface area contributed by atoms with Crippen LogP contribution in [0.5, 0.6) is 5.75 Å². The van der Waals surface area contributed by atoms with E-state index in [9.17, 15) is 9.59 Å². The summed E-state index contributed by atoms with van der Waals surface area (Å²) in [5.74, 6) is 0.408. The lowest BCUT2D eigenvalue weighted by Crippen LogP contribution is -2.46. The number of benzene rings is 1. The van der Waals surface area contributed by atoms with Gasteiger partial charge in [0.1, 0.15) is 5.75 Å². The molecule has 6 nitrogen and oxygen atoms in total. The average molecular weight is 292 g/mol. The first kappa shape index (κ1) is 15.2. The second kappa shape index (κ2) is 6.97. The molecule has 1 aromatic carbocycles. The molecule has 1 aliphatic heterocycles. The van der Waals surface area contributed by atoms with Gasteiger partial charge in [0.05, 0.1) is 19.8 Å². The SMILES string of the molecule is COC(=O)N1CCC(NC(=O)c2ccccc2OC)CC1. The van der Waals surface area contributed by atoms with Gasteiger partial charge in [0, 0.05) is 19.1 Å². The number of likely N-dealkylation sites (tertiary alicyclic amines) is 1. The van der Waals surface area contributed by atoms with E-state index in [0.29, 0.717) is 24.4 Å². The van der Waals surface area contributed by atoms with E-state index < -0.39 is 0 Å². The molecule has 0 bridgehead atoms. The van der Waals surface area contributed by atoms with Gasteiger partial charge in [-0.05, 0) is 25.0 Å². The van der Waals surface area contributed by atoms with Crippen molar-refractivity contribution in [3.8, 4) is 5.75 Å². The van der Waals surface area contributed by atoms with Gasteiger partial charge in [-0.2, -0.15) is 0 Å². The van der Waals surface area contributed by atoms with Crippen LogP contribution in [0.3, 0.4) is 0 Å². The van der Waals surface area contributed by atoms with E-state index in [1.54, 1.807) is 30.2 Å². The smallest absolute Gasteiger partial charge is 0.409 e. The molecule has 0 saturated carbocycles. The quantitative estimate of drug-likeness (QED) is 0.920. The highest BCUT2D eigenvalue weighted by atomic mass is 16.5. The monoisotopic (exact) mass is 292 g/mol. The van der Waals surface area contributed by atoms with Crippen molar-refractivity contribution < 1.29 is 19.1 Å². The summed E-state index contributed by atoms with van der Waals surface area (Å²) in [5, 5.41) is 2.99. The molecule has 1 heterocycles. The fourth-order valence-electron chi connectivity index (χ4n) is 2.43. The number of methoxy groups -OCH3 is 2. The topological polar surface area (TPSA) is 67.9 Å². The third-order valence-electron chi connectivity index (χ3n) is 3.61. The molecule has 1 fully saturated rings. The summed E-state index contributed by atoms with van der Waals surface area (Å²) in [6.45, 7) is 1.17. The molecule has 0 spiro atoms. The van der Waals surface area contributed by atoms with Gasteiger partial charge in [-0.3, -0.25) is 4.79 Å². The van der Waals surface area contributed by atoms with Gasteiger partial charge < -0.3 is 19.7 Å². The Kier molecular flexibility index (Phi) is 5.03. The number of para-hydroxylation sites is 1. The van der Waals surface area contributed by atoms with Gasteiger partial charge >= 0.3 is 6.09 Å². The number of rotatable bonds is 3. The Balaban J connectivity index is 1.91. The van der Waals surface area contributed by atoms with Crippen LogP contribution in [0, 0.1) is 0 Å². The van der Waals surface area contributed by atoms with E-state index in [1.165, 1.54) is 7.11 Å². The van der Waals surface area contributed by atoms with Crippen LogP contribution >= 0.6 is 0 Å². The highest BCUT2D eigenvalue weighted by Crippen LogP contribution is 2.18. The summed E-state index contributed by atoms with van der Waals surface area (Å²) < 4.78 is 9.88. The molecule has 1 N–H and O–H groups in total. The predicted molar refractivity (Wildman–Crippen MR) is 77.5 cm³/mol. The van der Waals surface area contributed by atoms with Crippen molar-refractivity contribution in [3.05, 3.63) is 29.8 Å². The van der Waals surface area contributed by atoms with Crippen molar-refractivity contribution in [2.24, 2.45) is 0 Å². The van der Waals surface area contributed by atoms with Crippen LogP contribution in [0.25, 0.3) is 0 Å². The standard InChI is InChI=1S/C15H20N2O4/c1-20-13-6-4-3-5-12(13)14(18)16-11-7-9-17(10-8-11)15(19)21-2/h3-6,11H,7-10H2,1-2H3,(H,16,18). The Morgan fingerprint density at radius 3 is 2.48 bits per heavy atom. The molecule has 0 atom stereocenters. The zero-order chi connectivity index (χ0) is 15.2. The number of hydrogen-bond donors (Lipinski definition) is 1. The fourth-order valence-corrected chi connectivity index (χ4v) is 2.43. The molecule has 0 unspecified atom stereocenters. The van der Waals surface area contributed by atoms with Gasteiger partial charge in [-0.15, -0.1) is 0 Å². The molecular formula is C15H20N2O4. The first-order valence-electron chi connectivity index (χ1n) is 6.92. The molecule has 21 heavy (non-hydrogen) atoms. The van der Waals surface area contributed by atoms with Crippen molar-refractivity contribution >= 4 is 12.0 Å². The maximum atomic E-state index is 12.3. The van der Waals surface area contributed by atoms with Gasteiger partial charge in [0.15, 0.2) is 0 Å². The third kappa shape index (κ3) is 3.65. The van der Waals surface area contributed by atoms with Crippen molar-refractivity contribution in [2.45, 2.75) is 18.9 Å². The second-order valence-corrected chi connectivity index (χ2v) is 4.91. The summed E-state index contributed by atoms with van der Waals surface area (Å²) >= 11 is 0.